The van der Waals surface area contributed by atoms with E-state index in [1.807, 2.05) is 0 Å². The molecule has 0 bridgehead atoms. The van der Waals surface area contributed by atoms with Gasteiger partial charge in [0, 0.05) is 19.3 Å². The maximum absolute atomic E-state index is 12.9. The van der Waals surface area contributed by atoms with Gasteiger partial charge in [-0.2, -0.15) is 0 Å². The van der Waals surface area contributed by atoms with Crippen LogP contribution in [0.3, 0.4) is 0 Å². The smallest absolute Gasteiger partial charge is 0.306 e. The molecular formula is C71H124O6. The van der Waals surface area contributed by atoms with Crippen LogP contribution in [-0.4, -0.2) is 37.2 Å². The fourth-order valence-corrected chi connectivity index (χ4v) is 9.44. The molecule has 0 amide bonds. The van der Waals surface area contributed by atoms with Crippen LogP contribution >= 0.6 is 0 Å². The Hall–Kier alpha value is -3.41. The fraction of sp³-hybridized carbons (Fsp3) is 0.761. The summed E-state index contributed by atoms with van der Waals surface area (Å²) in [4.78, 5) is 38.4. The highest BCUT2D eigenvalue weighted by Crippen LogP contribution is 2.17. The van der Waals surface area contributed by atoms with Gasteiger partial charge in [-0.05, 0) is 96.3 Å². The summed E-state index contributed by atoms with van der Waals surface area (Å²) in [6.45, 7) is 6.52. The zero-order chi connectivity index (χ0) is 55.7. The van der Waals surface area contributed by atoms with Gasteiger partial charge < -0.3 is 14.2 Å². The van der Waals surface area contributed by atoms with Crippen LogP contribution in [0.25, 0.3) is 0 Å². The lowest BCUT2D eigenvalue weighted by atomic mass is 10.0. The summed E-state index contributed by atoms with van der Waals surface area (Å²) >= 11 is 0. The lowest BCUT2D eigenvalue weighted by Gasteiger charge is -2.18. The van der Waals surface area contributed by atoms with Crippen molar-refractivity contribution < 1.29 is 28.6 Å². The topological polar surface area (TPSA) is 78.9 Å². The molecule has 0 heterocycles. The molecule has 0 aromatic carbocycles. The third kappa shape index (κ3) is 63.3. The van der Waals surface area contributed by atoms with Gasteiger partial charge in [0.2, 0.25) is 0 Å². The largest absolute Gasteiger partial charge is 0.462 e. The zero-order valence-corrected chi connectivity index (χ0v) is 51.0. The van der Waals surface area contributed by atoms with Crippen LogP contribution < -0.4 is 0 Å². The minimum Gasteiger partial charge on any atom is -0.462 e. The number of carbonyl (C=O) groups excluding carboxylic acids is 3. The van der Waals surface area contributed by atoms with Crippen molar-refractivity contribution in [2.75, 3.05) is 13.2 Å². The first kappa shape index (κ1) is 73.6. The van der Waals surface area contributed by atoms with Crippen LogP contribution in [-0.2, 0) is 28.6 Å². The molecular weight excluding hydrogens is 949 g/mol. The van der Waals surface area contributed by atoms with Gasteiger partial charge in [0.05, 0.1) is 0 Å². The Morgan fingerprint density at radius 3 is 0.831 bits per heavy atom. The van der Waals surface area contributed by atoms with E-state index in [0.29, 0.717) is 12.8 Å². The third-order valence-electron chi connectivity index (χ3n) is 14.4. The summed E-state index contributed by atoms with van der Waals surface area (Å²) in [5.41, 5.74) is 0. The van der Waals surface area contributed by atoms with E-state index in [4.69, 9.17) is 14.2 Å². The molecule has 0 aliphatic carbocycles. The van der Waals surface area contributed by atoms with Crippen LogP contribution in [0.4, 0.5) is 0 Å². The van der Waals surface area contributed by atoms with Crippen LogP contribution in [0.5, 0.6) is 0 Å². The Bertz CT molecular complexity index is 1470. The molecule has 0 spiro atoms. The number of hydrogen-bond acceptors (Lipinski definition) is 6. The predicted octanol–water partition coefficient (Wildman–Crippen LogP) is 22.7. The van der Waals surface area contributed by atoms with Crippen molar-refractivity contribution in [1.29, 1.82) is 0 Å². The fourth-order valence-electron chi connectivity index (χ4n) is 9.44. The summed E-state index contributed by atoms with van der Waals surface area (Å²) < 4.78 is 16.9. The van der Waals surface area contributed by atoms with Gasteiger partial charge >= 0.3 is 17.9 Å². The number of esters is 3. The van der Waals surface area contributed by atoms with Crippen molar-refractivity contribution in [3.05, 3.63) is 85.1 Å². The second kappa shape index (κ2) is 65.1. The molecule has 0 aliphatic heterocycles. The number of allylic oxidation sites excluding steroid dienone is 14. The second-order valence-electron chi connectivity index (χ2n) is 22.0. The van der Waals surface area contributed by atoms with Gasteiger partial charge in [0.25, 0.3) is 0 Å². The summed E-state index contributed by atoms with van der Waals surface area (Å²) in [6, 6.07) is 0. The Morgan fingerprint density at radius 2 is 0.506 bits per heavy atom. The monoisotopic (exact) mass is 1070 g/mol. The molecule has 1 unspecified atom stereocenters. The van der Waals surface area contributed by atoms with Crippen LogP contribution in [0.15, 0.2) is 85.1 Å². The second-order valence-corrected chi connectivity index (χ2v) is 22.0. The Morgan fingerprint density at radius 1 is 0.273 bits per heavy atom. The van der Waals surface area contributed by atoms with E-state index in [0.717, 1.165) is 103 Å². The van der Waals surface area contributed by atoms with E-state index in [-0.39, 0.29) is 37.5 Å². The standard InChI is InChI=1S/C71H124O6/c1-4-7-10-13-16-19-22-25-28-31-34-35-38-40-43-46-49-52-55-58-61-64-70(73)76-67-68(77-71(74)65-62-59-56-53-50-47-44-41-37-33-30-27-24-21-18-15-12-9-6-3)66-75-69(72)63-60-57-54-51-48-45-42-39-36-32-29-26-23-20-17-14-11-8-5-2/h9,12,17-18,20-21,26-27,29-30,37,41,47,50,68H,4-8,10-11,13-16,19,22-25,28,31-36,38-40,42-46,48-49,51-67H2,1-3H3/b12-9-,20-17-,21-18-,29-26-,30-27-,41-37-,50-47-. The first-order chi connectivity index (χ1) is 38.0. The Kier molecular flexibility index (Phi) is 62.2. The van der Waals surface area contributed by atoms with Crippen molar-refractivity contribution in [3.63, 3.8) is 0 Å². The summed E-state index contributed by atoms with van der Waals surface area (Å²) in [5.74, 6) is -0.909. The van der Waals surface area contributed by atoms with Crippen molar-refractivity contribution in [1.82, 2.24) is 0 Å². The van der Waals surface area contributed by atoms with Crippen molar-refractivity contribution in [2.24, 2.45) is 0 Å². The molecule has 1 atom stereocenters. The lowest BCUT2D eigenvalue weighted by Crippen LogP contribution is -2.30. The number of hydrogen-bond donors (Lipinski definition) is 0. The zero-order valence-electron chi connectivity index (χ0n) is 51.0. The van der Waals surface area contributed by atoms with Crippen molar-refractivity contribution >= 4 is 17.9 Å². The van der Waals surface area contributed by atoms with Crippen LogP contribution in [0.1, 0.15) is 329 Å². The number of rotatable bonds is 60. The SMILES string of the molecule is CC/C=C\C/C=C\C/C=C\C/C=C\C/C=C\CCCCCC(=O)OC(COC(=O)CCCCCCCCCCC/C=C\C/C=C\CCCCC)COC(=O)CCCCCCCCCCCCCCCCCCCCCCC. The average Bonchev–Trinajstić information content (AvgIpc) is 3.43. The maximum Gasteiger partial charge on any atom is 0.306 e. The Labute approximate surface area is 477 Å². The van der Waals surface area contributed by atoms with Crippen LogP contribution in [0.2, 0.25) is 0 Å². The highest BCUT2D eigenvalue weighted by molar-refractivity contribution is 5.71. The van der Waals surface area contributed by atoms with E-state index >= 15 is 0 Å². The van der Waals surface area contributed by atoms with Gasteiger partial charge in [-0.15, -0.1) is 0 Å². The molecule has 0 saturated carbocycles. The summed E-state index contributed by atoms with van der Waals surface area (Å²) in [7, 11) is 0. The molecule has 0 saturated heterocycles. The molecule has 0 N–H and O–H groups in total. The van der Waals surface area contributed by atoms with Gasteiger partial charge in [-0.25, -0.2) is 0 Å². The average molecular weight is 1070 g/mol. The molecule has 0 aromatic heterocycles. The quantitative estimate of drug-likeness (QED) is 0.0261. The molecule has 6 nitrogen and oxygen atoms in total. The van der Waals surface area contributed by atoms with Gasteiger partial charge in [0.1, 0.15) is 13.2 Å². The highest BCUT2D eigenvalue weighted by atomic mass is 16.6. The summed E-state index contributed by atoms with van der Waals surface area (Å²) in [6.07, 6.45) is 85.9. The minimum atomic E-state index is -0.797. The van der Waals surface area contributed by atoms with E-state index in [1.165, 1.54) is 186 Å². The number of carbonyl (C=O) groups is 3. The molecule has 0 rings (SSSR count). The van der Waals surface area contributed by atoms with E-state index in [2.05, 4.69) is 106 Å². The molecule has 444 valence electrons. The third-order valence-corrected chi connectivity index (χ3v) is 14.4. The molecule has 6 heteroatoms. The van der Waals surface area contributed by atoms with Gasteiger partial charge in [-0.3, -0.25) is 14.4 Å². The molecule has 0 radical (unpaired) electrons. The first-order valence-corrected chi connectivity index (χ1v) is 33.1. The molecule has 0 aromatic rings. The molecule has 77 heavy (non-hydrogen) atoms. The lowest BCUT2D eigenvalue weighted by molar-refractivity contribution is -0.167. The predicted molar refractivity (Wildman–Crippen MR) is 334 cm³/mol. The van der Waals surface area contributed by atoms with Gasteiger partial charge in [0.15, 0.2) is 6.10 Å². The first-order valence-electron chi connectivity index (χ1n) is 33.1. The molecule has 0 aliphatic rings. The maximum atomic E-state index is 12.9. The van der Waals surface area contributed by atoms with Crippen molar-refractivity contribution in [3.8, 4) is 0 Å². The van der Waals surface area contributed by atoms with Crippen LogP contribution in [0, 0.1) is 0 Å². The van der Waals surface area contributed by atoms with E-state index in [9.17, 15) is 14.4 Å². The normalized spacial score (nSPS) is 12.6. The highest BCUT2D eigenvalue weighted by Gasteiger charge is 2.19. The number of unbranched alkanes of at least 4 members (excludes halogenated alkanes) is 35. The van der Waals surface area contributed by atoms with Gasteiger partial charge in [-0.1, -0.05) is 298 Å². The Balaban J connectivity index is 4.41. The van der Waals surface area contributed by atoms with E-state index < -0.39 is 6.10 Å². The molecule has 0 fully saturated rings. The van der Waals surface area contributed by atoms with E-state index in [1.54, 1.807) is 0 Å². The summed E-state index contributed by atoms with van der Waals surface area (Å²) in [5, 5.41) is 0. The van der Waals surface area contributed by atoms with Crippen molar-refractivity contribution in [2.45, 2.75) is 335 Å². The minimum absolute atomic E-state index is 0.0886. The number of ether oxygens (including phenoxy) is 3.